The predicted octanol–water partition coefficient (Wildman–Crippen LogP) is 7.06. The van der Waals surface area contributed by atoms with Gasteiger partial charge in [-0.15, -0.1) is 0 Å². The van der Waals surface area contributed by atoms with Crippen molar-refractivity contribution in [2.75, 3.05) is 4.90 Å². The van der Waals surface area contributed by atoms with Gasteiger partial charge in [-0.25, -0.2) is 0 Å². The number of benzene rings is 6. The van der Waals surface area contributed by atoms with Crippen molar-refractivity contribution in [2.45, 2.75) is 0 Å². The van der Waals surface area contributed by atoms with Crippen LogP contribution in [-0.2, 0) is 0 Å². The van der Waals surface area contributed by atoms with E-state index >= 15 is 0 Å². The summed E-state index contributed by atoms with van der Waals surface area (Å²) in [7, 11) is 0. The van der Waals surface area contributed by atoms with Crippen molar-refractivity contribution >= 4 is 62.0 Å². The quantitative estimate of drug-likeness (QED) is 0.239. The Morgan fingerprint density at radius 3 is 1.92 bits per heavy atom. The summed E-state index contributed by atoms with van der Waals surface area (Å²) in [6.07, 6.45) is 0. The molecule has 0 N–H and O–H groups in total. The molecule has 3 heterocycles. The number of fused-ring (bicyclic) bond motifs is 9. The minimum atomic E-state index is 0.275. The molecular weight excluding hydrogens is 471 g/mol. The second-order valence-electron chi connectivity index (χ2n) is 10.5. The van der Waals surface area contributed by atoms with Gasteiger partial charge in [-0.1, -0.05) is 96.5 Å². The van der Waals surface area contributed by atoms with Crippen molar-refractivity contribution in [3.8, 4) is 16.8 Å². The lowest BCUT2D eigenvalue weighted by molar-refractivity contribution is 1.19. The molecule has 180 valence electrons. The van der Waals surface area contributed by atoms with Crippen LogP contribution in [0.3, 0.4) is 0 Å². The van der Waals surface area contributed by atoms with Crippen LogP contribution in [0, 0.1) is 0 Å². The molecule has 0 atom stereocenters. The molecule has 9 rings (SSSR count). The molecule has 0 saturated heterocycles. The molecule has 0 aliphatic carbocycles. The smallest absolute Gasteiger partial charge is 0.248 e. The maximum Gasteiger partial charge on any atom is 0.248 e. The number of para-hydroxylation sites is 3. The summed E-state index contributed by atoms with van der Waals surface area (Å²) in [6.45, 7) is 0.275. The molecule has 6 aromatic carbocycles. The van der Waals surface area contributed by atoms with Crippen molar-refractivity contribution in [3.05, 3.63) is 140 Å². The van der Waals surface area contributed by atoms with Crippen LogP contribution >= 0.6 is 0 Å². The molecule has 0 fully saturated rings. The summed E-state index contributed by atoms with van der Waals surface area (Å²) in [6, 6.07) is 50.9. The minimum absolute atomic E-state index is 0.275. The lowest BCUT2D eigenvalue weighted by Gasteiger charge is -2.26. The second-order valence-corrected chi connectivity index (χ2v) is 10.5. The standard InChI is InChI=1S/C36H23BN2/c1-3-11-24(12-4-1)38(25-13-5-2-6-14-25)26-19-22-33-30(23-26)29-21-20-28-27-15-7-8-16-31(27)37-32-17-9-10-18-34(32)39(33)36(29)35(28)37/h1-23H. The summed E-state index contributed by atoms with van der Waals surface area (Å²) in [4.78, 5) is 2.35. The van der Waals surface area contributed by atoms with E-state index < -0.39 is 0 Å². The Balaban J connectivity index is 1.37. The van der Waals surface area contributed by atoms with Crippen LogP contribution < -0.4 is 21.3 Å². The van der Waals surface area contributed by atoms with Crippen molar-refractivity contribution in [2.24, 2.45) is 0 Å². The number of nitrogens with zero attached hydrogens (tertiary/aromatic N) is 2. The highest BCUT2D eigenvalue weighted by atomic mass is 15.1. The van der Waals surface area contributed by atoms with Gasteiger partial charge in [0, 0.05) is 39.0 Å². The highest BCUT2D eigenvalue weighted by Gasteiger charge is 2.40. The van der Waals surface area contributed by atoms with E-state index in [0.29, 0.717) is 0 Å². The van der Waals surface area contributed by atoms with E-state index in [1.54, 1.807) is 0 Å². The molecule has 0 amide bonds. The van der Waals surface area contributed by atoms with Crippen molar-refractivity contribution < 1.29 is 0 Å². The van der Waals surface area contributed by atoms with E-state index in [0.717, 1.165) is 17.1 Å². The summed E-state index contributed by atoms with van der Waals surface area (Å²) < 4.78 is 2.51. The molecule has 0 radical (unpaired) electrons. The normalized spacial score (nSPS) is 12.6. The van der Waals surface area contributed by atoms with Crippen LogP contribution in [0.2, 0.25) is 0 Å². The Hall–Kier alpha value is -5.02. The summed E-state index contributed by atoms with van der Waals surface area (Å²) in [5.41, 5.74) is 14.4. The zero-order valence-corrected chi connectivity index (χ0v) is 21.3. The van der Waals surface area contributed by atoms with Gasteiger partial charge in [0.25, 0.3) is 0 Å². The Morgan fingerprint density at radius 1 is 0.487 bits per heavy atom. The zero-order chi connectivity index (χ0) is 25.5. The molecule has 0 bridgehead atoms. The number of aromatic nitrogens is 1. The van der Waals surface area contributed by atoms with Gasteiger partial charge in [-0.2, -0.15) is 0 Å². The second kappa shape index (κ2) is 7.75. The third-order valence-electron chi connectivity index (χ3n) is 8.58. The molecular formula is C36H23BN2. The van der Waals surface area contributed by atoms with E-state index in [9.17, 15) is 0 Å². The van der Waals surface area contributed by atoms with E-state index in [-0.39, 0.29) is 6.71 Å². The molecule has 2 aliphatic heterocycles. The predicted molar refractivity (Wildman–Crippen MR) is 166 cm³/mol. The molecule has 0 saturated carbocycles. The fourth-order valence-corrected chi connectivity index (χ4v) is 7.05. The first-order valence-electron chi connectivity index (χ1n) is 13.6. The summed E-state index contributed by atoms with van der Waals surface area (Å²) in [5, 5.41) is 2.60. The van der Waals surface area contributed by atoms with Crippen LogP contribution in [-0.4, -0.2) is 11.3 Å². The van der Waals surface area contributed by atoms with Crippen molar-refractivity contribution in [1.29, 1.82) is 0 Å². The van der Waals surface area contributed by atoms with Gasteiger partial charge < -0.3 is 9.47 Å². The average Bonchev–Trinajstić information content (AvgIpc) is 3.52. The molecule has 2 aliphatic rings. The molecule has 0 spiro atoms. The Labute approximate surface area is 227 Å². The average molecular weight is 494 g/mol. The van der Waals surface area contributed by atoms with Crippen LogP contribution in [0.1, 0.15) is 0 Å². The van der Waals surface area contributed by atoms with Crippen LogP contribution in [0.15, 0.2) is 140 Å². The first-order chi connectivity index (χ1) is 19.4. The molecule has 0 unspecified atom stereocenters. The third-order valence-corrected chi connectivity index (χ3v) is 8.58. The van der Waals surface area contributed by atoms with Gasteiger partial charge in [0.15, 0.2) is 0 Å². The van der Waals surface area contributed by atoms with E-state index in [1.807, 2.05) is 0 Å². The largest absolute Gasteiger partial charge is 0.310 e. The van der Waals surface area contributed by atoms with Crippen LogP contribution in [0.4, 0.5) is 17.1 Å². The summed E-state index contributed by atoms with van der Waals surface area (Å²) >= 11 is 0. The number of hydrogen-bond acceptors (Lipinski definition) is 1. The highest BCUT2D eigenvalue weighted by Crippen LogP contribution is 2.41. The first-order valence-corrected chi connectivity index (χ1v) is 13.6. The van der Waals surface area contributed by atoms with Gasteiger partial charge in [-0.3, -0.25) is 0 Å². The molecule has 39 heavy (non-hydrogen) atoms. The van der Waals surface area contributed by atoms with Crippen molar-refractivity contribution in [1.82, 2.24) is 4.57 Å². The van der Waals surface area contributed by atoms with Gasteiger partial charge in [0.2, 0.25) is 6.71 Å². The number of rotatable bonds is 3. The fourth-order valence-electron chi connectivity index (χ4n) is 7.05. The SMILES string of the molecule is c1ccc(N(c2ccccc2)c2ccc3c(c2)c2ccc4c5c2n3-c2ccccc2B5c2ccccc2-4)cc1. The fraction of sp³-hybridized carbons (Fsp3) is 0. The van der Waals surface area contributed by atoms with E-state index in [2.05, 4.69) is 149 Å². The lowest BCUT2D eigenvalue weighted by Crippen LogP contribution is -2.53. The molecule has 7 aromatic rings. The number of hydrogen-bond donors (Lipinski definition) is 0. The van der Waals surface area contributed by atoms with Crippen LogP contribution in [0.5, 0.6) is 0 Å². The van der Waals surface area contributed by atoms with E-state index in [1.165, 1.54) is 55.0 Å². The third kappa shape index (κ3) is 2.77. The Morgan fingerprint density at radius 2 is 1.15 bits per heavy atom. The van der Waals surface area contributed by atoms with E-state index in [4.69, 9.17) is 0 Å². The first kappa shape index (κ1) is 21.0. The molecule has 1 aromatic heterocycles. The van der Waals surface area contributed by atoms with Gasteiger partial charge in [0.05, 0.1) is 5.52 Å². The summed E-state index contributed by atoms with van der Waals surface area (Å²) in [5.74, 6) is 0. The zero-order valence-electron chi connectivity index (χ0n) is 21.3. The number of anilines is 3. The van der Waals surface area contributed by atoms with Gasteiger partial charge in [-0.05, 0) is 70.6 Å². The molecule has 3 heteroatoms. The van der Waals surface area contributed by atoms with Gasteiger partial charge >= 0.3 is 0 Å². The topological polar surface area (TPSA) is 8.17 Å². The van der Waals surface area contributed by atoms with Crippen LogP contribution in [0.25, 0.3) is 38.6 Å². The maximum absolute atomic E-state index is 2.51. The van der Waals surface area contributed by atoms with Crippen molar-refractivity contribution in [3.63, 3.8) is 0 Å². The Bertz CT molecular complexity index is 2040. The highest BCUT2D eigenvalue weighted by molar-refractivity contribution is 7.01. The minimum Gasteiger partial charge on any atom is -0.310 e. The Kier molecular flexibility index (Phi) is 4.17. The maximum atomic E-state index is 2.51. The lowest BCUT2D eigenvalue weighted by atomic mass is 9.37. The monoisotopic (exact) mass is 494 g/mol. The van der Waals surface area contributed by atoms with Gasteiger partial charge in [0.1, 0.15) is 0 Å². The molecule has 2 nitrogen and oxygen atoms in total.